The number of rotatable bonds is 4. The van der Waals surface area contributed by atoms with E-state index in [-0.39, 0.29) is 5.91 Å². The number of nitrogens with one attached hydrogen (secondary N) is 1. The van der Waals surface area contributed by atoms with Crippen molar-refractivity contribution in [3.8, 4) is 0 Å². The Balaban J connectivity index is 2.04. The first-order chi connectivity index (χ1) is 8.22. The van der Waals surface area contributed by atoms with E-state index in [1.54, 1.807) is 18.4 Å². The average Bonchev–Trinajstić information content (AvgIpc) is 2.72. The smallest absolute Gasteiger partial charge is 0.252 e. The van der Waals surface area contributed by atoms with E-state index >= 15 is 0 Å². The lowest BCUT2D eigenvalue weighted by Crippen LogP contribution is -2.27. The van der Waals surface area contributed by atoms with Crippen molar-refractivity contribution >= 4 is 17.2 Å². The van der Waals surface area contributed by atoms with Crippen molar-refractivity contribution in [3.63, 3.8) is 0 Å². The zero-order chi connectivity index (χ0) is 12.3. The third-order valence-electron chi connectivity index (χ3n) is 3.24. The minimum absolute atomic E-state index is 0.0501. The summed E-state index contributed by atoms with van der Waals surface area (Å²) >= 11 is 1.73. The third-order valence-corrected chi connectivity index (χ3v) is 4.29. The van der Waals surface area contributed by atoms with Crippen LogP contribution < -0.4 is 5.32 Å². The van der Waals surface area contributed by atoms with Gasteiger partial charge in [-0.3, -0.25) is 4.79 Å². The van der Waals surface area contributed by atoms with Gasteiger partial charge in [0, 0.05) is 23.9 Å². The molecule has 0 bridgehead atoms. The van der Waals surface area contributed by atoms with E-state index in [0.717, 1.165) is 24.3 Å². The maximum absolute atomic E-state index is 12.0. The number of thiophene rings is 1. The molecule has 0 saturated heterocycles. The number of carbonyl (C=O) groups is 1. The van der Waals surface area contributed by atoms with Gasteiger partial charge in [-0.05, 0) is 30.7 Å². The van der Waals surface area contributed by atoms with Crippen LogP contribution in [0.5, 0.6) is 0 Å². The van der Waals surface area contributed by atoms with Crippen molar-refractivity contribution < 1.29 is 9.53 Å². The van der Waals surface area contributed by atoms with Crippen molar-refractivity contribution in [1.29, 1.82) is 0 Å². The van der Waals surface area contributed by atoms with Gasteiger partial charge in [0.15, 0.2) is 0 Å². The molecule has 17 heavy (non-hydrogen) atoms. The molecule has 94 valence electrons. The van der Waals surface area contributed by atoms with Crippen molar-refractivity contribution in [2.75, 3.05) is 20.3 Å². The molecule has 1 aliphatic carbocycles. The zero-order valence-electron chi connectivity index (χ0n) is 10.4. The summed E-state index contributed by atoms with van der Waals surface area (Å²) in [6, 6.07) is 0. The molecule has 4 heteroatoms. The maximum atomic E-state index is 12.0. The van der Waals surface area contributed by atoms with Crippen molar-refractivity contribution in [2.24, 2.45) is 5.92 Å². The second-order valence-corrected chi connectivity index (χ2v) is 5.61. The third kappa shape index (κ3) is 2.87. The van der Waals surface area contributed by atoms with E-state index in [1.807, 2.05) is 5.38 Å². The van der Waals surface area contributed by atoms with Gasteiger partial charge in [0.25, 0.3) is 5.91 Å². The maximum Gasteiger partial charge on any atom is 0.252 e. The standard InChI is InChI=1S/C13H19NO2S/c1-9-3-4-10-11(8-17-12(10)7-9)13(15)14-5-6-16-2/h8-9H,3-7H2,1-2H3,(H,14,15)/t9-/m1/s1. The largest absolute Gasteiger partial charge is 0.383 e. The number of amides is 1. The number of methoxy groups -OCH3 is 1. The van der Waals surface area contributed by atoms with Crippen molar-refractivity contribution in [1.82, 2.24) is 5.32 Å². The lowest BCUT2D eigenvalue weighted by Gasteiger charge is -2.18. The van der Waals surface area contributed by atoms with Crippen LogP contribution in [-0.4, -0.2) is 26.2 Å². The molecular formula is C13H19NO2S. The topological polar surface area (TPSA) is 38.3 Å². The van der Waals surface area contributed by atoms with Gasteiger partial charge in [0.2, 0.25) is 0 Å². The Morgan fingerprint density at radius 2 is 2.47 bits per heavy atom. The number of hydrogen-bond donors (Lipinski definition) is 1. The molecule has 1 aliphatic rings. The first-order valence-electron chi connectivity index (χ1n) is 6.08. The molecule has 0 aliphatic heterocycles. The van der Waals surface area contributed by atoms with Gasteiger partial charge < -0.3 is 10.1 Å². The molecule has 0 spiro atoms. The van der Waals surface area contributed by atoms with Gasteiger partial charge in [-0.1, -0.05) is 6.92 Å². The molecule has 0 unspecified atom stereocenters. The van der Waals surface area contributed by atoms with E-state index < -0.39 is 0 Å². The summed E-state index contributed by atoms with van der Waals surface area (Å²) in [7, 11) is 1.64. The van der Waals surface area contributed by atoms with Crippen LogP contribution in [0.4, 0.5) is 0 Å². The van der Waals surface area contributed by atoms with E-state index in [1.165, 1.54) is 16.9 Å². The minimum atomic E-state index is 0.0501. The summed E-state index contributed by atoms with van der Waals surface area (Å²) in [6.07, 6.45) is 3.38. The van der Waals surface area contributed by atoms with Gasteiger partial charge in [-0.15, -0.1) is 11.3 Å². The first kappa shape index (κ1) is 12.6. The Kier molecular flexibility index (Phi) is 4.18. The zero-order valence-corrected chi connectivity index (χ0v) is 11.2. The Bertz CT molecular complexity index is 400. The number of carbonyl (C=O) groups excluding carboxylic acids is 1. The molecular weight excluding hydrogens is 234 g/mol. The van der Waals surface area contributed by atoms with Crippen LogP contribution in [0.3, 0.4) is 0 Å². The van der Waals surface area contributed by atoms with Crippen LogP contribution in [0.25, 0.3) is 0 Å². The minimum Gasteiger partial charge on any atom is -0.383 e. The van der Waals surface area contributed by atoms with Crippen molar-refractivity contribution in [3.05, 3.63) is 21.4 Å². The summed E-state index contributed by atoms with van der Waals surface area (Å²) in [6.45, 7) is 3.42. The SMILES string of the molecule is COCCNC(=O)c1csc2c1CC[C@@H](C)C2. The van der Waals surface area contributed by atoms with Gasteiger partial charge in [-0.25, -0.2) is 0 Å². The van der Waals surface area contributed by atoms with Crippen molar-refractivity contribution in [2.45, 2.75) is 26.2 Å². The molecule has 0 radical (unpaired) electrons. The van der Waals surface area contributed by atoms with E-state index in [9.17, 15) is 4.79 Å². The lowest BCUT2D eigenvalue weighted by molar-refractivity contribution is 0.0936. The summed E-state index contributed by atoms with van der Waals surface area (Å²) in [5.74, 6) is 0.805. The highest BCUT2D eigenvalue weighted by Crippen LogP contribution is 2.32. The summed E-state index contributed by atoms with van der Waals surface area (Å²) < 4.78 is 4.92. The monoisotopic (exact) mass is 253 g/mol. The highest BCUT2D eigenvalue weighted by atomic mass is 32.1. The fourth-order valence-corrected chi connectivity index (χ4v) is 3.47. The quantitative estimate of drug-likeness (QED) is 0.836. The second kappa shape index (κ2) is 5.65. The fourth-order valence-electron chi connectivity index (χ4n) is 2.23. The summed E-state index contributed by atoms with van der Waals surface area (Å²) in [4.78, 5) is 13.4. The van der Waals surface area contributed by atoms with Crippen LogP contribution in [0, 0.1) is 5.92 Å². The molecule has 1 N–H and O–H groups in total. The summed E-state index contributed by atoms with van der Waals surface area (Å²) in [5, 5.41) is 4.89. The first-order valence-corrected chi connectivity index (χ1v) is 6.96. The average molecular weight is 253 g/mol. The van der Waals surface area contributed by atoms with Crippen LogP contribution in [0.1, 0.15) is 34.1 Å². The molecule has 1 aromatic heterocycles. The molecule has 1 heterocycles. The van der Waals surface area contributed by atoms with Crippen LogP contribution in [-0.2, 0) is 17.6 Å². The Morgan fingerprint density at radius 1 is 1.65 bits per heavy atom. The number of hydrogen-bond acceptors (Lipinski definition) is 3. The van der Waals surface area contributed by atoms with Gasteiger partial charge in [-0.2, -0.15) is 0 Å². The fraction of sp³-hybridized carbons (Fsp3) is 0.615. The highest BCUT2D eigenvalue weighted by Gasteiger charge is 2.22. The highest BCUT2D eigenvalue weighted by molar-refractivity contribution is 7.10. The van der Waals surface area contributed by atoms with Crippen LogP contribution in [0.15, 0.2) is 5.38 Å². The van der Waals surface area contributed by atoms with E-state index in [4.69, 9.17) is 4.74 Å². The van der Waals surface area contributed by atoms with E-state index in [2.05, 4.69) is 12.2 Å². The molecule has 0 saturated carbocycles. The molecule has 0 aromatic carbocycles. The van der Waals surface area contributed by atoms with Crippen LogP contribution in [0.2, 0.25) is 0 Å². The van der Waals surface area contributed by atoms with Crippen LogP contribution >= 0.6 is 11.3 Å². The van der Waals surface area contributed by atoms with E-state index in [0.29, 0.717) is 13.2 Å². The number of ether oxygens (including phenoxy) is 1. The Labute approximate surface area is 106 Å². The normalized spacial score (nSPS) is 18.8. The molecule has 0 fully saturated rings. The molecule has 1 amide bonds. The number of fused-ring (bicyclic) bond motifs is 1. The second-order valence-electron chi connectivity index (χ2n) is 4.65. The Morgan fingerprint density at radius 3 is 3.24 bits per heavy atom. The van der Waals surface area contributed by atoms with Gasteiger partial charge >= 0.3 is 0 Å². The molecule has 1 atom stereocenters. The molecule has 1 aromatic rings. The predicted octanol–water partition coefficient (Wildman–Crippen LogP) is 2.25. The molecule has 3 nitrogen and oxygen atoms in total. The lowest BCUT2D eigenvalue weighted by atomic mass is 9.88. The van der Waals surface area contributed by atoms with Gasteiger partial charge in [0.1, 0.15) is 0 Å². The molecule has 2 rings (SSSR count). The predicted molar refractivity (Wildman–Crippen MR) is 69.7 cm³/mol. The van der Waals surface area contributed by atoms with Gasteiger partial charge in [0.05, 0.1) is 12.2 Å². The Hall–Kier alpha value is -0.870. The summed E-state index contributed by atoms with van der Waals surface area (Å²) in [5.41, 5.74) is 2.16.